The molecule has 5 heteroatoms. The lowest BCUT2D eigenvalue weighted by Gasteiger charge is -1.98. The van der Waals surface area contributed by atoms with Crippen LogP contribution in [0.4, 0.5) is 0 Å². The fourth-order valence-corrected chi connectivity index (χ4v) is 2.52. The Balaban J connectivity index is 2.14. The highest BCUT2D eigenvalue weighted by molar-refractivity contribution is 7.12. The maximum atomic E-state index is 12.0. The van der Waals surface area contributed by atoms with E-state index in [1.54, 1.807) is 17.9 Å². The Morgan fingerprint density at radius 3 is 3.00 bits per heavy atom. The smallest absolute Gasteiger partial charge is 0.179 e. The normalized spacial score (nSPS) is 10.6. The van der Waals surface area contributed by atoms with Gasteiger partial charge in [0.05, 0.1) is 17.0 Å². The monoisotopic (exact) mass is 235 g/mol. The minimum absolute atomic E-state index is 0.132. The van der Waals surface area contributed by atoms with E-state index in [0.717, 1.165) is 22.6 Å². The predicted octanol–water partition coefficient (Wildman–Crippen LogP) is 1.86. The number of Topliss-reactive ketones (excluding diaryl/α,β-unsaturated/α-hetero) is 1. The number of nitrogens with zero attached hydrogens (tertiary/aromatic N) is 3. The summed E-state index contributed by atoms with van der Waals surface area (Å²) in [6, 6.07) is 2.01. The van der Waals surface area contributed by atoms with Crippen molar-refractivity contribution in [2.45, 2.75) is 19.8 Å². The molecule has 84 valence electrons. The number of carbonyl (C=O) groups excluding carboxylic acids is 1. The first-order valence-electron chi connectivity index (χ1n) is 5.15. The highest BCUT2D eigenvalue weighted by Crippen LogP contribution is 2.19. The average molecular weight is 235 g/mol. The van der Waals surface area contributed by atoms with Crippen molar-refractivity contribution in [1.29, 1.82) is 0 Å². The number of hydrogen-bond donors (Lipinski definition) is 0. The Morgan fingerprint density at radius 2 is 2.38 bits per heavy atom. The first kappa shape index (κ1) is 11.0. The van der Waals surface area contributed by atoms with Gasteiger partial charge in [-0.15, -0.1) is 16.4 Å². The second-order valence-electron chi connectivity index (χ2n) is 3.61. The second kappa shape index (κ2) is 4.57. The molecule has 0 atom stereocenters. The van der Waals surface area contributed by atoms with Gasteiger partial charge in [-0.2, -0.15) is 0 Å². The maximum absolute atomic E-state index is 12.0. The van der Waals surface area contributed by atoms with Crippen LogP contribution in [0.25, 0.3) is 0 Å². The SMILES string of the molecule is CCc1ccsc1C(=O)Cc1cn(C)nn1. The van der Waals surface area contributed by atoms with E-state index in [1.165, 1.54) is 11.3 Å². The molecule has 2 aromatic rings. The molecule has 0 aliphatic rings. The van der Waals surface area contributed by atoms with Crippen molar-refractivity contribution >= 4 is 17.1 Å². The lowest BCUT2D eigenvalue weighted by atomic mass is 10.1. The molecule has 0 amide bonds. The van der Waals surface area contributed by atoms with E-state index in [-0.39, 0.29) is 5.78 Å². The summed E-state index contributed by atoms with van der Waals surface area (Å²) in [6.07, 6.45) is 3.00. The third kappa shape index (κ3) is 2.19. The van der Waals surface area contributed by atoms with Gasteiger partial charge in [0.15, 0.2) is 5.78 Å². The fourth-order valence-electron chi connectivity index (χ4n) is 1.58. The lowest BCUT2D eigenvalue weighted by Crippen LogP contribution is -2.04. The molecule has 0 bridgehead atoms. The molecule has 16 heavy (non-hydrogen) atoms. The van der Waals surface area contributed by atoms with Crippen molar-refractivity contribution in [2.24, 2.45) is 7.05 Å². The Hall–Kier alpha value is -1.49. The average Bonchev–Trinajstić information content (AvgIpc) is 2.86. The van der Waals surface area contributed by atoms with Crippen molar-refractivity contribution in [2.75, 3.05) is 0 Å². The number of thiophene rings is 1. The summed E-state index contributed by atoms with van der Waals surface area (Å²) in [7, 11) is 1.80. The van der Waals surface area contributed by atoms with Gasteiger partial charge >= 0.3 is 0 Å². The predicted molar refractivity (Wildman–Crippen MR) is 62.7 cm³/mol. The molecule has 0 spiro atoms. The second-order valence-corrected chi connectivity index (χ2v) is 4.53. The molecule has 0 aliphatic carbocycles. The number of hydrogen-bond acceptors (Lipinski definition) is 4. The van der Waals surface area contributed by atoms with Gasteiger partial charge in [0.25, 0.3) is 0 Å². The van der Waals surface area contributed by atoms with Crippen LogP contribution in [0, 0.1) is 0 Å². The highest BCUT2D eigenvalue weighted by Gasteiger charge is 2.14. The molecule has 0 N–H and O–H groups in total. The largest absolute Gasteiger partial charge is 0.293 e. The van der Waals surface area contributed by atoms with Crippen molar-refractivity contribution in [3.8, 4) is 0 Å². The summed E-state index contributed by atoms with van der Waals surface area (Å²) in [5.41, 5.74) is 1.85. The lowest BCUT2D eigenvalue weighted by molar-refractivity contribution is 0.0995. The van der Waals surface area contributed by atoms with Crippen molar-refractivity contribution < 1.29 is 4.79 Å². The van der Waals surface area contributed by atoms with Crippen LogP contribution in [0.5, 0.6) is 0 Å². The summed E-state index contributed by atoms with van der Waals surface area (Å²) in [4.78, 5) is 12.9. The van der Waals surface area contributed by atoms with Gasteiger partial charge in [0.2, 0.25) is 0 Å². The van der Waals surface area contributed by atoms with Gasteiger partial charge in [-0.25, -0.2) is 0 Å². The molecule has 0 radical (unpaired) electrons. The summed E-state index contributed by atoms with van der Waals surface area (Å²) in [5.74, 6) is 0.132. The Bertz CT molecular complexity index is 501. The molecule has 0 unspecified atom stereocenters. The maximum Gasteiger partial charge on any atom is 0.179 e. The van der Waals surface area contributed by atoms with Crippen LogP contribution in [-0.4, -0.2) is 20.8 Å². The number of aryl methyl sites for hydroxylation is 2. The van der Waals surface area contributed by atoms with E-state index in [2.05, 4.69) is 17.2 Å². The van der Waals surface area contributed by atoms with Crippen LogP contribution in [-0.2, 0) is 19.9 Å². The highest BCUT2D eigenvalue weighted by atomic mass is 32.1. The summed E-state index contributed by atoms with van der Waals surface area (Å²) in [6.45, 7) is 2.06. The van der Waals surface area contributed by atoms with E-state index in [9.17, 15) is 4.79 Å². The molecule has 0 aliphatic heterocycles. The van der Waals surface area contributed by atoms with Gasteiger partial charge in [0.1, 0.15) is 0 Å². The van der Waals surface area contributed by atoms with Crippen molar-refractivity contribution in [1.82, 2.24) is 15.0 Å². The van der Waals surface area contributed by atoms with Crippen LogP contribution >= 0.6 is 11.3 Å². The minimum Gasteiger partial charge on any atom is -0.293 e. The van der Waals surface area contributed by atoms with Gasteiger partial charge in [-0.1, -0.05) is 12.1 Å². The Morgan fingerprint density at radius 1 is 1.56 bits per heavy atom. The van der Waals surface area contributed by atoms with E-state index in [4.69, 9.17) is 0 Å². The zero-order valence-corrected chi connectivity index (χ0v) is 10.1. The number of aromatic nitrogens is 3. The number of carbonyl (C=O) groups is 1. The minimum atomic E-state index is 0.132. The first-order valence-corrected chi connectivity index (χ1v) is 6.03. The van der Waals surface area contributed by atoms with E-state index in [0.29, 0.717) is 6.42 Å². The van der Waals surface area contributed by atoms with E-state index in [1.807, 2.05) is 11.4 Å². The van der Waals surface area contributed by atoms with Gasteiger partial charge in [-0.05, 0) is 23.4 Å². The van der Waals surface area contributed by atoms with E-state index < -0.39 is 0 Å². The zero-order chi connectivity index (χ0) is 11.5. The van der Waals surface area contributed by atoms with Crippen LogP contribution in [0.1, 0.15) is 27.9 Å². The number of rotatable bonds is 4. The molecule has 4 nitrogen and oxygen atoms in total. The molecule has 2 rings (SSSR count). The van der Waals surface area contributed by atoms with Crippen molar-refractivity contribution in [3.63, 3.8) is 0 Å². The molecular weight excluding hydrogens is 222 g/mol. The summed E-state index contributed by atoms with van der Waals surface area (Å²) < 4.78 is 1.61. The fraction of sp³-hybridized carbons (Fsp3) is 0.364. The van der Waals surface area contributed by atoms with Gasteiger partial charge < -0.3 is 0 Å². The van der Waals surface area contributed by atoms with Gasteiger partial charge in [-0.3, -0.25) is 9.48 Å². The summed E-state index contributed by atoms with van der Waals surface area (Å²) in [5, 5.41) is 9.69. The van der Waals surface area contributed by atoms with Crippen molar-refractivity contribution in [3.05, 3.63) is 33.8 Å². The molecule has 0 aromatic carbocycles. The standard InChI is InChI=1S/C11H13N3OS/c1-3-8-4-5-16-11(8)10(15)6-9-7-14(2)13-12-9/h4-5,7H,3,6H2,1-2H3. The van der Waals surface area contributed by atoms with Gasteiger partial charge in [0, 0.05) is 13.2 Å². The quantitative estimate of drug-likeness (QED) is 0.760. The molecule has 2 heterocycles. The van der Waals surface area contributed by atoms with E-state index >= 15 is 0 Å². The zero-order valence-electron chi connectivity index (χ0n) is 9.30. The number of ketones is 1. The third-order valence-corrected chi connectivity index (χ3v) is 3.37. The third-order valence-electron chi connectivity index (χ3n) is 2.37. The van der Waals surface area contributed by atoms with Crippen LogP contribution in [0.2, 0.25) is 0 Å². The Kier molecular flexibility index (Phi) is 3.14. The molecule has 0 fully saturated rings. The van der Waals surface area contributed by atoms with Crippen LogP contribution in [0.3, 0.4) is 0 Å². The Labute approximate surface area is 97.9 Å². The summed E-state index contributed by atoms with van der Waals surface area (Å²) >= 11 is 1.50. The molecule has 0 saturated carbocycles. The molecule has 2 aromatic heterocycles. The molecular formula is C11H13N3OS. The first-order chi connectivity index (χ1) is 7.70. The topological polar surface area (TPSA) is 47.8 Å². The van der Waals surface area contributed by atoms with Crippen LogP contribution in [0.15, 0.2) is 17.6 Å². The molecule has 0 saturated heterocycles. The van der Waals surface area contributed by atoms with Crippen LogP contribution < -0.4 is 0 Å².